The van der Waals surface area contributed by atoms with E-state index in [1.807, 2.05) is 12.3 Å². The summed E-state index contributed by atoms with van der Waals surface area (Å²) in [6.45, 7) is 7.67. The lowest BCUT2D eigenvalue weighted by Crippen LogP contribution is -2.39. The van der Waals surface area contributed by atoms with E-state index in [4.69, 9.17) is 0 Å². The van der Waals surface area contributed by atoms with Gasteiger partial charge in [-0.25, -0.2) is 9.37 Å². The van der Waals surface area contributed by atoms with Gasteiger partial charge in [0.15, 0.2) is 0 Å². The highest BCUT2D eigenvalue weighted by Crippen LogP contribution is 2.27. The highest BCUT2D eigenvalue weighted by molar-refractivity contribution is 5.94. The Morgan fingerprint density at radius 3 is 2.65 bits per heavy atom. The molecule has 2 unspecified atom stereocenters. The van der Waals surface area contributed by atoms with E-state index < -0.39 is 0 Å². The van der Waals surface area contributed by atoms with Crippen LogP contribution >= 0.6 is 0 Å². The van der Waals surface area contributed by atoms with Gasteiger partial charge in [0.2, 0.25) is 0 Å². The number of aliphatic imine (C=N–C) groups is 1. The molecule has 6 heteroatoms. The molecule has 0 radical (unpaired) electrons. The number of nitrogens with one attached hydrogen (secondary N) is 1. The number of hydrogen-bond donors (Lipinski definition) is 1. The van der Waals surface area contributed by atoms with E-state index in [2.05, 4.69) is 52.0 Å². The molecule has 0 bridgehead atoms. The minimum Gasteiger partial charge on any atom is -0.355 e. The van der Waals surface area contributed by atoms with Gasteiger partial charge in [-0.15, -0.1) is 0 Å². The number of halogens is 1. The van der Waals surface area contributed by atoms with Crippen molar-refractivity contribution in [3.05, 3.63) is 70.7 Å². The Hall–Kier alpha value is -3.46. The number of carbonyl (C=O) groups is 1. The maximum absolute atomic E-state index is 13.3. The minimum atomic E-state index is -0.292. The lowest BCUT2D eigenvalue weighted by molar-refractivity contribution is 0.0953. The Morgan fingerprint density at radius 2 is 1.94 bits per heavy atom. The quantitative estimate of drug-likeness (QED) is 0.508. The molecule has 3 heterocycles. The summed E-state index contributed by atoms with van der Waals surface area (Å²) in [6, 6.07) is 7.93. The van der Waals surface area contributed by atoms with Crippen molar-refractivity contribution < 1.29 is 9.18 Å². The van der Waals surface area contributed by atoms with E-state index in [9.17, 15) is 9.18 Å². The Bertz CT molecular complexity index is 1130. The average molecular weight is 459 g/mol. The third kappa shape index (κ3) is 6.32. The molecule has 34 heavy (non-hydrogen) atoms. The molecule has 0 spiro atoms. The molecule has 1 amide bonds. The molecular weight excluding hydrogens is 427 g/mol. The van der Waals surface area contributed by atoms with Crippen LogP contribution in [0.15, 0.2) is 53.2 Å². The third-order valence-corrected chi connectivity index (χ3v) is 6.13. The number of aromatic nitrogens is 1. The number of rotatable bonds is 6. The SMILES string of the molecule is CC1CC(C)CN(c2ncc(C(=O)NCCCC3=CCN=C3)cc2C#Cc2ccc(F)cc2)C1. The van der Waals surface area contributed by atoms with E-state index in [-0.39, 0.29) is 11.7 Å². The van der Waals surface area contributed by atoms with Crippen molar-refractivity contribution in [1.29, 1.82) is 0 Å². The Balaban J connectivity index is 1.52. The lowest BCUT2D eigenvalue weighted by Gasteiger charge is -2.36. The molecule has 2 aromatic rings. The van der Waals surface area contributed by atoms with E-state index in [0.717, 1.165) is 38.3 Å². The largest absolute Gasteiger partial charge is 0.355 e. The van der Waals surface area contributed by atoms with Gasteiger partial charge in [-0.2, -0.15) is 0 Å². The van der Waals surface area contributed by atoms with Crippen LogP contribution in [-0.4, -0.2) is 43.3 Å². The fourth-order valence-corrected chi connectivity index (χ4v) is 4.59. The first-order chi connectivity index (χ1) is 16.5. The number of carbonyl (C=O) groups excluding carboxylic acids is 1. The van der Waals surface area contributed by atoms with E-state index >= 15 is 0 Å². The molecule has 2 aliphatic heterocycles. The number of anilines is 1. The molecule has 1 fully saturated rings. The first kappa shape index (κ1) is 23.7. The molecule has 1 N–H and O–H groups in total. The van der Waals surface area contributed by atoms with Gasteiger partial charge in [0.25, 0.3) is 5.91 Å². The van der Waals surface area contributed by atoms with Crippen LogP contribution in [-0.2, 0) is 0 Å². The van der Waals surface area contributed by atoms with Crippen LogP contribution < -0.4 is 10.2 Å². The molecule has 176 valence electrons. The first-order valence-corrected chi connectivity index (χ1v) is 12.0. The first-order valence-electron chi connectivity index (χ1n) is 12.0. The summed E-state index contributed by atoms with van der Waals surface area (Å²) in [5.74, 6) is 7.78. The van der Waals surface area contributed by atoms with Crippen molar-refractivity contribution >= 4 is 17.9 Å². The van der Waals surface area contributed by atoms with E-state index in [0.29, 0.717) is 35.1 Å². The number of allylic oxidation sites excluding steroid dienone is 1. The molecule has 0 saturated carbocycles. The second-order valence-corrected chi connectivity index (χ2v) is 9.34. The van der Waals surface area contributed by atoms with Gasteiger partial charge in [-0.05, 0) is 67.0 Å². The van der Waals surface area contributed by atoms with Crippen molar-refractivity contribution in [3.8, 4) is 11.8 Å². The van der Waals surface area contributed by atoms with Gasteiger partial charge < -0.3 is 10.2 Å². The fraction of sp³-hybridized carbons (Fsp3) is 0.393. The Morgan fingerprint density at radius 1 is 1.18 bits per heavy atom. The van der Waals surface area contributed by atoms with Gasteiger partial charge in [-0.1, -0.05) is 31.8 Å². The van der Waals surface area contributed by atoms with E-state index in [1.165, 1.54) is 24.1 Å². The normalized spacial score (nSPS) is 19.4. The zero-order chi connectivity index (χ0) is 23.9. The average Bonchev–Trinajstić information content (AvgIpc) is 3.34. The van der Waals surface area contributed by atoms with Crippen LogP contribution in [0, 0.1) is 29.5 Å². The van der Waals surface area contributed by atoms with Crippen LogP contribution in [0.2, 0.25) is 0 Å². The van der Waals surface area contributed by atoms with Crippen molar-refractivity contribution in [3.63, 3.8) is 0 Å². The molecule has 5 nitrogen and oxygen atoms in total. The molecular formula is C28H31FN4O. The standard InChI is InChI=1S/C28H31FN4O/c1-20-14-21(2)19-33(18-20)27-24(8-5-22-6-9-26(29)10-7-22)15-25(17-32-27)28(34)31-12-3-4-23-11-13-30-16-23/h6-7,9-11,15-17,20-21H,3-4,12-14,18-19H2,1-2H3,(H,31,34). The van der Waals surface area contributed by atoms with Gasteiger partial charge in [-0.3, -0.25) is 9.79 Å². The minimum absolute atomic E-state index is 0.154. The van der Waals surface area contributed by atoms with Crippen LogP contribution in [0.25, 0.3) is 0 Å². The number of piperidine rings is 1. The number of pyridine rings is 1. The molecule has 4 rings (SSSR count). The smallest absolute Gasteiger partial charge is 0.252 e. The summed E-state index contributed by atoms with van der Waals surface area (Å²) >= 11 is 0. The van der Waals surface area contributed by atoms with Gasteiger partial charge >= 0.3 is 0 Å². The number of nitrogens with zero attached hydrogens (tertiary/aromatic N) is 3. The molecule has 1 saturated heterocycles. The van der Waals surface area contributed by atoms with Crippen LogP contribution in [0.4, 0.5) is 10.2 Å². The topological polar surface area (TPSA) is 57.6 Å². The third-order valence-electron chi connectivity index (χ3n) is 6.13. The maximum Gasteiger partial charge on any atom is 0.252 e. The molecule has 1 aromatic carbocycles. The summed E-state index contributed by atoms with van der Waals surface area (Å²) < 4.78 is 13.3. The van der Waals surface area contributed by atoms with Gasteiger partial charge in [0.05, 0.1) is 17.7 Å². The number of hydrogen-bond acceptors (Lipinski definition) is 4. The highest BCUT2D eigenvalue weighted by atomic mass is 19.1. The monoisotopic (exact) mass is 458 g/mol. The summed E-state index contributed by atoms with van der Waals surface area (Å²) in [5.41, 5.74) is 3.15. The number of benzene rings is 1. The summed E-state index contributed by atoms with van der Waals surface area (Å²) in [4.78, 5) is 23.9. The highest BCUT2D eigenvalue weighted by Gasteiger charge is 2.24. The summed E-state index contributed by atoms with van der Waals surface area (Å²) in [5, 5.41) is 2.99. The van der Waals surface area contributed by atoms with E-state index in [1.54, 1.807) is 18.3 Å². The van der Waals surface area contributed by atoms with Crippen molar-refractivity contribution in [2.75, 3.05) is 31.1 Å². The van der Waals surface area contributed by atoms with Crippen molar-refractivity contribution in [2.24, 2.45) is 16.8 Å². The second-order valence-electron chi connectivity index (χ2n) is 9.34. The predicted octanol–water partition coefficient (Wildman–Crippen LogP) is 4.62. The van der Waals surface area contributed by atoms with Crippen molar-refractivity contribution in [2.45, 2.75) is 33.1 Å². The van der Waals surface area contributed by atoms with Crippen molar-refractivity contribution in [1.82, 2.24) is 10.3 Å². The van der Waals surface area contributed by atoms with Gasteiger partial charge in [0, 0.05) is 37.6 Å². The molecule has 0 aliphatic carbocycles. The van der Waals surface area contributed by atoms with Gasteiger partial charge in [0.1, 0.15) is 11.6 Å². The lowest BCUT2D eigenvalue weighted by atomic mass is 9.91. The molecule has 2 atom stereocenters. The maximum atomic E-state index is 13.3. The molecule has 2 aliphatic rings. The zero-order valence-electron chi connectivity index (χ0n) is 19.9. The predicted molar refractivity (Wildman–Crippen MR) is 135 cm³/mol. The second kappa shape index (κ2) is 11.1. The van der Waals surface area contributed by atoms with Crippen LogP contribution in [0.5, 0.6) is 0 Å². The molecule has 1 aromatic heterocycles. The Labute approximate surface area is 201 Å². The zero-order valence-corrected chi connectivity index (χ0v) is 19.9. The van der Waals surface area contributed by atoms with Crippen LogP contribution in [0.1, 0.15) is 54.6 Å². The fourth-order valence-electron chi connectivity index (χ4n) is 4.59. The summed E-state index contributed by atoms with van der Waals surface area (Å²) in [6.07, 6.45) is 8.61. The summed E-state index contributed by atoms with van der Waals surface area (Å²) in [7, 11) is 0. The number of amides is 1. The van der Waals surface area contributed by atoms with Crippen LogP contribution in [0.3, 0.4) is 0 Å². The Kier molecular flexibility index (Phi) is 7.74.